The largest absolute Gasteiger partial charge is 0.310 e. The van der Waals surface area contributed by atoms with Crippen LogP contribution in [0.2, 0.25) is 0 Å². The number of thiazole rings is 1. The Morgan fingerprint density at radius 2 is 2.25 bits per heavy atom. The lowest BCUT2D eigenvalue weighted by molar-refractivity contribution is -0.384. The predicted octanol–water partition coefficient (Wildman–Crippen LogP) is 3.51. The molecule has 1 heterocycles. The maximum absolute atomic E-state index is 10.8. The van der Waals surface area contributed by atoms with Gasteiger partial charge in [-0.1, -0.05) is 19.1 Å². The van der Waals surface area contributed by atoms with Crippen LogP contribution >= 0.6 is 11.3 Å². The average Bonchev–Trinajstić information content (AvgIpc) is 2.98. The molecule has 2 atom stereocenters. The molecule has 2 unspecified atom stereocenters. The molecule has 2 aromatic rings. The van der Waals surface area contributed by atoms with E-state index in [0.717, 1.165) is 17.1 Å². The van der Waals surface area contributed by atoms with Crippen molar-refractivity contribution in [3.8, 4) is 0 Å². The molecule has 0 bridgehead atoms. The second kappa shape index (κ2) is 6.58. The van der Waals surface area contributed by atoms with E-state index in [4.69, 9.17) is 0 Å². The summed E-state index contributed by atoms with van der Waals surface area (Å²) in [4.78, 5) is 14.7. The highest BCUT2D eigenvalue weighted by atomic mass is 32.1. The number of aromatic nitrogens is 1. The zero-order chi connectivity index (χ0) is 14.5. The van der Waals surface area contributed by atoms with Crippen molar-refractivity contribution < 1.29 is 4.92 Å². The molecule has 1 aromatic heterocycles. The van der Waals surface area contributed by atoms with Gasteiger partial charge in [0.15, 0.2) is 0 Å². The minimum Gasteiger partial charge on any atom is -0.310 e. The first-order valence-corrected chi connectivity index (χ1v) is 7.33. The fraction of sp³-hybridized carbons (Fsp3) is 0.357. The quantitative estimate of drug-likeness (QED) is 0.653. The molecular formula is C14H17N3O2S. The second-order valence-electron chi connectivity index (χ2n) is 4.75. The van der Waals surface area contributed by atoms with Gasteiger partial charge in [0.05, 0.1) is 9.93 Å². The van der Waals surface area contributed by atoms with E-state index in [1.54, 1.807) is 29.7 Å². The molecule has 2 rings (SSSR count). The topological polar surface area (TPSA) is 68.1 Å². The molecule has 0 saturated heterocycles. The summed E-state index contributed by atoms with van der Waals surface area (Å²) in [6.07, 6.45) is 1.81. The third kappa shape index (κ3) is 3.61. The Morgan fingerprint density at radius 1 is 1.45 bits per heavy atom. The van der Waals surface area contributed by atoms with Gasteiger partial charge in [0.25, 0.3) is 5.69 Å². The number of nitrogens with zero attached hydrogens (tertiary/aromatic N) is 2. The molecule has 1 aromatic carbocycles. The molecule has 0 radical (unpaired) electrons. The normalized spacial score (nSPS) is 13.9. The first-order chi connectivity index (χ1) is 9.58. The summed E-state index contributed by atoms with van der Waals surface area (Å²) in [5.41, 5.74) is 1.05. The number of rotatable bonds is 6. The lowest BCUT2D eigenvalue weighted by Gasteiger charge is -2.16. The van der Waals surface area contributed by atoms with E-state index >= 15 is 0 Å². The van der Waals surface area contributed by atoms with Gasteiger partial charge < -0.3 is 5.32 Å². The van der Waals surface area contributed by atoms with Gasteiger partial charge in [0.2, 0.25) is 0 Å². The molecular weight excluding hydrogens is 274 g/mol. The van der Waals surface area contributed by atoms with Crippen LogP contribution in [-0.2, 0) is 0 Å². The number of hydrogen-bond acceptors (Lipinski definition) is 5. The van der Waals surface area contributed by atoms with Gasteiger partial charge in [-0.25, -0.2) is 4.98 Å². The van der Waals surface area contributed by atoms with Crippen LogP contribution in [0.25, 0.3) is 0 Å². The number of nitro benzene ring substituents is 1. The third-order valence-electron chi connectivity index (χ3n) is 3.18. The summed E-state index contributed by atoms with van der Waals surface area (Å²) in [6.45, 7) is 4.91. The zero-order valence-corrected chi connectivity index (χ0v) is 12.3. The van der Waals surface area contributed by atoms with Gasteiger partial charge in [-0.2, -0.15) is 0 Å². The van der Waals surface area contributed by atoms with Gasteiger partial charge in [-0.3, -0.25) is 10.1 Å². The van der Waals surface area contributed by atoms with E-state index in [2.05, 4.69) is 17.2 Å². The highest BCUT2D eigenvalue weighted by Crippen LogP contribution is 2.21. The van der Waals surface area contributed by atoms with Gasteiger partial charge in [0.1, 0.15) is 0 Å². The first-order valence-electron chi connectivity index (χ1n) is 6.45. The minimum absolute atomic E-state index is 0.0670. The predicted molar refractivity (Wildman–Crippen MR) is 80.0 cm³/mol. The fourth-order valence-corrected chi connectivity index (χ4v) is 2.64. The number of nitrogens with one attached hydrogen (secondary N) is 1. The van der Waals surface area contributed by atoms with E-state index in [0.29, 0.717) is 5.92 Å². The molecule has 0 aliphatic carbocycles. The Morgan fingerprint density at radius 3 is 2.90 bits per heavy atom. The smallest absolute Gasteiger partial charge is 0.269 e. The van der Waals surface area contributed by atoms with Crippen LogP contribution in [0.3, 0.4) is 0 Å². The van der Waals surface area contributed by atoms with Crippen molar-refractivity contribution in [2.75, 3.05) is 6.54 Å². The highest BCUT2D eigenvalue weighted by Gasteiger charge is 2.13. The lowest BCUT2D eigenvalue weighted by atomic mass is 10.1. The SMILES string of the molecule is CC(CNC(C)c1cccc([N+](=O)[O-])c1)c1nccs1. The third-order valence-corrected chi connectivity index (χ3v) is 4.19. The van der Waals surface area contributed by atoms with Gasteiger partial charge in [-0.15, -0.1) is 11.3 Å². The molecule has 0 fully saturated rings. The minimum atomic E-state index is -0.367. The van der Waals surface area contributed by atoms with E-state index in [-0.39, 0.29) is 16.7 Å². The van der Waals surface area contributed by atoms with Crippen LogP contribution in [0.1, 0.15) is 36.4 Å². The summed E-state index contributed by atoms with van der Waals surface area (Å²) in [5.74, 6) is 0.330. The van der Waals surface area contributed by atoms with Crippen molar-refractivity contribution in [1.82, 2.24) is 10.3 Å². The van der Waals surface area contributed by atoms with Crippen LogP contribution in [0.4, 0.5) is 5.69 Å². The van der Waals surface area contributed by atoms with Gasteiger partial charge in [-0.05, 0) is 12.5 Å². The highest BCUT2D eigenvalue weighted by molar-refractivity contribution is 7.09. The van der Waals surface area contributed by atoms with Crippen LogP contribution in [-0.4, -0.2) is 16.5 Å². The van der Waals surface area contributed by atoms with Crippen LogP contribution in [0, 0.1) is 10.1 Å². The monoisotopic (exact) mass is 291 g/mol. The van der Waals surface area contributed by atoms with Crippen molar-refractivity contribution >= 4 is 17.0 Å². The maximum Gasteiger partial charge on any atom is 0.269 e. The fourth-order valence-electron chi connectivity index (χ4n) is 1.94. The molecule has 0 aliphatic rings. The van der Waals surface area contributed by atoms with Crippen LogP contribution in [0.15, 0.2) is 35.8 Å². The van der Waals surface area contributed by atoms with Crippen molar-refractivity contribution in [3.63, 3.8) is 0 Å². The number of benzene rings is 1. The lowest BCUT2D eigenvalue weighted by Crippen LogP contribution is -2.23. The first kappa shape index (κ1) is 14.6. The molecule has 20 heavy (non-hydrogen) atoms. The number of hydrogen-bond donors (Lipinski definition) is 1. The van der Waals surface area contributed by atoms with Crippen LogP contribution in [0.5, 0.6) is 0 Å². The van der Waals surface area contributed by atoms with E-state index in [9.17, 15) is 10.1 Å². The maximum atomic E-state index is 10.8. The number of nitro groups is 1. The van der Waals surface area contributed by atoms with Gasteiger partial charge >= 0.3 is 0 Å². The Labute approximate surface area is 121 Å². The molecule has 0 spiro atoms. The van der Waals surface area contributed by atoms with E-state index in [1.807, 2.05) is 18.4 Å². The summed E-state index contributed by atoms with van der Waals surface area (Å²) in [7, 11) is 0. The van der Waals surface area contributed by atoms with Gasteiger partial charge in [0, 0.05) is 42.2 Å². The summed E-state index contributed by atoms with van der Waals surface area (Å²) in [5, 5.41) is 17.2. The molecule has 106 valence electrons. The molecule has 1 N–H and O–H groups in total. The van der Waals surface area contributed by atoms with E-state index in [1.165, 1.54) is 6.07 Å². The zero-order valence-electron chi connectivity index (χ0n) is 11.4. The standard InChI is InChI=1S/C14H17N3O2S/c1-10(14-15-6-7-20-14)9-16-11(2)12-4-3-5-13(8-12)17(18)19/h3-8,10-11,16H,9H2,1-2H3. The Bertz CT molecular complexity index is 572. The molecule has 0 saturated carbocycles. The van der Waals surface area contributed by atoms with Crippen molar-refractivity contribution in [3.05, 3.63) is 56.5 Å². The molecule has 0 aliphatic heterocycles. The average molecular weight is 291 g/mol. The van der Waals surface area contributed by atoms with Crippen molar-refractivity contribution in [1.29, 1.82) is 0 Å². The molecule has 6 heteroatoms. The summed E-state index contributed by atoms with van der Waals surface area (Å²) >= 11 is 1.64. The van der Waals surface area contributed by atoms with Crippen molar-refractivity contribution in [2.24, 2.45) is 0 Å². The summed E-state index contributed by atoms with van der Waals surface area (Å²) in [6, 6.07) is 6.81. The second-order valence-corrected chi connectivity index (χ2v) is 5.68. The Kier molecular flexibility index (Phi) is 4.81. The molecule has 5 nitrogen and oxygen atoms in total. The Balaban J connectivity index is 1.96. The Hall–Kier alpha value is -1.79. The molecule has 0 amide bonds. The van der Waals surface area contributed by atoms with Crippen molar-refractivity contribution in [2.45, 2.75) is 25.8 Å². The van der Waals surface area contributed by atoms with Crippen LogP contribution < -0.4 is 5.32 Å². The number of non-ortho nitro benzene ring substituents is 1. The van der Waals surface area contributed by atoms with E-state index < -0.39 is 0 Å². The summed E-state index contributed by atoms with van der Waals surface area (Å²) < 4.78 is 0.